The Morgan fingerprint density at radius 1 is 1.04 bits per heavy atom. The van der Waals surface area contributed by atoms with Gasteiger partial charge in [-0.2, -0.15) is 0 Å². The summed E-state index contributed by atoms with van der Waals surface area (Å²) in [5.41, 5.74) is 12.5. The van der Waals surface area contributed by atoms with Crippen LogP contribution in [0.5, 0.6) is 11.5 Å². The summed E-state index contributed by atoms with van der Waals surface area (Å²) in [7, 11) is 3.11. The average Bonchev–Trinajstić information content (AvgIpc) is 2.67. The van der Waals surface area contributed by atoms with Crippen LogP contribution in [-0.2, 0) is 0 Å². The molecule has 2 aromatic rings. The summed E-state index contributed by atoms with van der Waals surface area (Å²) in [6, 6.07) is 11.3. The van der Waals surface area contributed by atoms with Gasteiger partial charge in [0.1, 0.15) is 0 Å². The van der Waals surface area contributed by atoms with Gasteiger partial charge in [-0.25, -0.2) is 0 Å². The molecular formula is C18H19N5O4. The summed E-state index contributed by atoms with van der Waals surface area (Å²) < 4.78 is 10.5. The molecule has 0 aliphatic carbocycles. The second kappa shape index (κ2) is 8.99. The molecule has 0 heterocycles. The van der Waals surface area contributed by atoms with Gasteiger partial charge >= 0.3 is 0 Å². The molecule has 4 N–H and O–H groups in total. The molecule has 0 saturated heterocycles. The van der Waals surface area contributed by atoms with Crippen LogP contribution >= 0.6 is 0 Å². The van der Waals surface area contributed by atoms with E-state index in [-0.39, 0.29) is 11.6 Å². The fourth-order valence-corrected chi connectivity index (χ4v) is 2.18. The molecule has 140 valence electrons. The second-order valence-corrected chi connectivity index (χ2v) is 5.26. The van der Waals surface area contributed by atoms with Crippen LogP contribution in [0.3, 0.4) is 0 Å². The fraction of sp³-hybridized carbons (Fsp3) is 0.111. The summed E-state index contributed by atoms with van der Waals surface area (Å²) in [6.07, 6.45) is 3.47. The Balaban J connectivity index is 2.38. The Kier molecular flexibility index (Phi) is 6.48. The number of methoxy groups -OCH3 is 2. The van der Waals surface area contributed by atoms with Crippen molar-refractivity contribution in [2.75, 3.05) is 14.2 Å². The number of allylic oxidation sites excluding steroid dienone is 1. The molecule has 9 heteroatoms. The van der Waals surface area contributed by atoms with Crippen molar-refractivity contribution in [3.05, 3.63) is 69.8 Å². The summed E-state index contributed by atoms with van der Waals surface area (Å²) in [6.45, 7) is 0. The van der Waals surface area contributed by atoms with Crippen molar-refractivity contribution in [2.24, 2.45) is 21.7 Å². The Morgan fingerprint density at radius 3 is 2.26 bits per heavy atom. The Bertz CT molecular complexity index is 900. The molecule has 27 heavy (non-hydrogen) atoms. The van der Waals surface area contributed by atoms with Crippen LogP contribution in [0.4, 0.5) is 5.69 Å². The number of nitro benzene ring substituents is 1. The van der Waals surface area contributed by atoms with Gasteiger partial charge in [-0.3, -0.25) is 10.1 Å². The first-order chi connectivity index (χ1) is 12.9. The van der Waals surface area contributed by atoms with E-state index in [1.54, 1.807) is 50.6 Å². The third kappa shape index (κ3) is 5.30. The molecule has 0 fully saturated rings. The van der Waals surface area contributed by atoms with Gasteiger partial charge in [-0.05, 0) is 35.9 Å². The molecule has 0 bridgehead atoms. The van der Waals surface area contributed by atoms with Gasteiger partial charge in [0.05, 0.1) is 24.9 Å². The number of non-ortho nitro benzene ring substituents is 1. The zero-order chi connectivity index (χ0) is 19.8. The normalized spacial score (nSPS) is 11.3. The van der Waals surface area contributed by atoms with Gasteiger partial charge in [0.15, 0.2) is 11.5 Å². The quantitative estimate of drug-likeness (QED) is 0.332. The van der Waals surface area contributed by atoms with Crippen molar-refractivity contribution in [1.29, 1.82) is 0 Å². The maximum Gasteiger partial charge on any atom is 0.269 e. The standard InChI is InChI=1S/C18H19N5O4/c1-26-16-10-4-12(11-17(16)27-2)3-9-15(21-22-18(19)20)13-5-7-14(8-6-13)23(24)25/h3-11H,1-2H3,(H4,19,20,22)/b9-3+,21-15-. The molecule has 0 aromatic heterocycles. The maximum absolute atomic E-state index is 10.8. The molecule has 2 rings (SSSR count). The zero-order valence-electron chi connectivity index (χ0n) is 14.8. The van der Waals surface area contributed by atoms with E-state index in [0.717, 1.165) is 5.56 Å². The molecule has 0 aliphatic heterocycles. The number of rotatable bonds is 7. The molecule has 2 aromatic carbocycles. The van der Waals surface area contributed by atoms with Crippen molar-refractivity contribution in [2.45, 2.75) is 0 Å². The highest BCUT2D eigenvalue weighted by Gasteiger charge is 2.07. The van der Waals surface area contributed by atoms with E-state index in [9.17, 15) is 10.1 Å². The predicted octanol–water partition coefficient (Wildman–Crippen LogP) is 2.30. The lowest BCUT2D eigenvalue weighted by Crippen LogP contribution is -2.22. The molecule has 0 atom stereocenters. The van der Waals surface area contributed by atoms with Gasteiger partial charge in [0.2, 0.25) is 5.96 Å². The van der Waals surface area contributed by atoms with Crippen molar-refractivity contribution >= 4 is 23.4 Å². The molecule has 0 amide bonds. The number of hydrogen-bond acceptors (Lipinski definition) is 6. The highest BCUT2D eigenvalue weighted by molar-refractivity contribution is 6.11. The van der Waals surface area contributed by atoms with Gasteiger partial charge in [-0.1, -0.05) is 12.1 Å². The largest absolute Gasteiger partial charge is 0.493 e. The summed E-state index contributed by atoms with van der Waals surface area (Å²) in [5, 5.41) is 18.5. The van der Waals surface area contributed by atoms with E-state index in [2.05, 4.69) is 10.2 Å². The van der Waals surface area contributed by atoms with E-state index in [1.165, 1.54) is 12.1 Å². The lowest BCUT2D eigenvalue weighted by Gasteiger charge is -2.07. The van der Waals surface area contributed by atoms with Gasteiger partial charge in [-0.15, -0.1) is 10.2 Å². The molecular weight excluding hydrogens is 350 g/mol. The SMILES string of the molecule is COc1ccc(/C=C/C(=N/N=C(N)N)c2ccc([N+](=O)[O-])cc2)cc1OC. The molecule has 0 saturated carbocycles. The number of benzene rings is 2. The van der Waals surface area contributed by atoms with E-state index in [0.29, 0.717) is 22.8 Å². The number of nitro groups is 1. The Morgan fingerprint density at radius 2 is 1.70 bits per heavy atom. The number of ether oxygens (including phenoxy) is 2. The molecule has 0 aliphatic rings. The Hall–Kier alpha value is -3.88. The number of hydrogen-bond donors (Lipinski definition) is 2. The lowest BCUT2D eigenvalue weighted by molar-refractivity contribution is -0.384. The van der Waals surface area contributed by atoms with Crippen molar-refractivity contribution in [3.63, 3.8) is 0 Å². The van der Waals surface area contributed by atoms with Crippen molar-refractivity contribution in [1.82, 2.24) is 0 Å². The third-order valence-corrected chi connectivity index (χ3v) is 3.49. The monoisotopic (exact) mass is 369 g/mol. The van der Waals surface area contributed by atoms with Crippen molar-refractivity contribution in [3.8, 4) is 11.5 Å². The summed E-state index contributed by atoms with van der Waals surface area (Å²) in [4.78, 5) is 10.3. The second-order valence-electron chi connectivity index (χ2n) is 5.26. The molecule has 0 radical (unpaired) electrons. The maximum atomic E-state index is 10.8. The number of nitrogens with two attached hydrogens (primary N) is 2. The highest BCUT2D eigenvalue weighted by Crippen LogP contribution is 2.28. The minimum atomic E-state index is -0.476. The van der Waals surface area contributed by atoms with Crippen molar-refractivity contribution < 1.29 is 14.4 Å². The number of guanidine groups is 1. The highest BCUT2D eigenvalue weighted by atomic mass is 16.6. The van der Waals surface area contributed by atoms with Gasteiger partial charge < -0.3 is 20.9 Å². The van der Waals surface area contributed by atoms with E-state index < -0.39 is 4.92 Å². The van der Waals surface area contributed by atoms with Crippen LogP contribution in [0.1, 0.15) is 11.1 Å². The van der Waals surface area contributed by atoms with Crippen LogP contribution in [0.25, 0.3) is 6.08 Å². The molecule has 0 spiro atoms. The third-order valence-electron chi connectivity index (χ3n) is 3.49. The first-order valence-electron chi connectivity index (χ1n) is 7.76. The molecule has 0 unspecified atom stereocenters. The van der Waals surface area contributed by atoms with Gasteiger partial charge in [0, 0.05) is 17.7 Å². The first-order valence-corrected chi connectivity index (χ1v) is 7.76. The van der Waals surface area contributed by atoms with Crippen LogP contribution in [0.15, 0.2) is 58.7 Å². The Labute approximate surface area is 155 Å². The van der Waals surface area contributed by atoms with E-state index in [4.69, 9.17) is 20.9 Å². The average molecular weight is 369 g/mol. The summed E-state index contributed by atoms with van der Waals surface area (Å²) >= 11 is 0. The van der Waals surface area contributed by atoms with Crippen LogP contribution in [-0.4, -0.2) is 30.8 Å². The van der Waals surface area contributed by atoms with E-state index >= 15 is 0 Å². The topological polar surface area (TPSA) is 138 Å². The van der Waals surface area contributed by atoms with Crippen LogP contribution < -0.4 is 20.9 Å². The lowest BCUT2D eigenvalue weighted by atomic mass is 10.1. The fourth-order valence-electron chi connectivity index (χ4n) is 2.18. The van der Waals surface area contributed by atoms with Gasteiger partial charge in [0.25, 0.3) is 5.69 Å². The van der Waals surface area contributed by atoms with Crippen LogP contribution in [0, 0.1) is 10.1 Å². The first kappa shape index (κ1) is 19.4. The zero-order valence-corrected chi connectivity index (χ0v) is 14.8. The van der Waals surface area contributed by atoms with E-state index in [1.807, 2.05) is 6.07 Å². The smallest absolute Gasteiger partial charge is 0.269 e. The van der Waals surface area contributed by atoms with Crippen LogP contribution in [0.2, 0.25) is 0 Å². The summed E-state index contributed by atoms with van der Waals surface area (Å²) in [5.74, 6) is 0.992. The predicted molar refractivity (Wildman–Crippen MR) is 104 cm³/mol. The molecule has 9 nitrogen and oxygen atoms in total. The number of nitrogens with zero attached hydrogens (tertiary/aromatic N) is 3. The minimum absolute atomic E-state index is 0.0242. The minimum Gasteiger partial charge on any atom is -0.493 e.